The van der Waals surface area contributed by atoms with Gasteiger partial charge in [0.15, 0.2) is 0 Å². The van der Waals surface area contributed by atoms with Crippen LogP contribution in [-0.2, 0) is 7.05 Å². The number of aromatic nitrogens is 3. The first kappa shape index (κ1) is 10.8. The summed E-state index contributed by atoms with van der Waals surface area (Å²) >= 11 is 0. The van der Waals surface area contributed by atoms with Gasteiger partial charge in [0.25, 0.3) is 5.91 Å². The second-order valence-corrected chi connectivity index (χ2v) is 4.20. The Balaban J connectivity index is 2.53. The highest BCUT2D eigenvalue weighted by atomic mass is 16.2. The minimum Gasteiger partial charge on any atom is -0.313 e. The average molecular weight is 243 g/mol. The Hall–Kier alpha value is -2.34. The maximum atomic E-state index is 11.9. The summed E-state index contributed by atoms with van der Waals surface area (Å²) < 4.78 is 3.78. The Kier molecular flexibility index (Phi) is 2.14. The fourth-order valence-corrected chi connectivity index (χ4v) is 2.35. The van der Waals surface area contributed by atoms with Gasteiger partial charge in [-0.15, -0.1) is 0 Å². The molecule has 3 N–H and O–H groups in total. The molecular weight excluding hydrogens is 230 g/mol. The second-order valence-electron chi connectivity index (χ2n) is 4.20. The summed E-state index contributed by atoms with van der Waals surface area (Å²) in [6.45, 7) is 1.80. The monoisotopic (exact) mass is 243 g/mol. The van der Waals surface area contributed by atoms with Crippen molar-refractivity contribution in [3.05, 3.63) is 35.7 Å². The Labute approximate surface area is 103 Å². The quantitative estimate of drug-likeness (QED) is 0.376. The molecule has 18 heavy (non-hydrogen) atoms. The van der Waals surface area contributed by atoms with Gasteiger partial charge in [0, 0.05) is 7.05 Å². The fourth-order valence-electron chi connectivity index (χ4n) is 2.35. The van der Waals surface area contributed by atoms with Crippen LogP contribution in [0.5, 0.6) is 0 Å². The topological polar surface area (TPSA) is 77.3 Å². The molecule has 2 aromatic heterocycles. The number of para-hydroxylation sites is 2. The third-order valence-corrected chi connectivity index (χ3v) is 3.16. The van der Waals surface area contributed by atoms with E-state index in [0.717, 1.165) is 16.8 Å². The largest absolute Gasteiger partial charge is 0.313 e. The minimum atomic E-state index is -0.337. The van der Waals surface area contributed by atoms with Gasteiger partial charge in [0.05, 0.1) is 16.7 Å². The van der Waals surface area contributed by atoms with Crippen LogP contribution < -0.4 is 11.3 Å². The van der Waals surface area contributed by atoms with Crippen LogP contribution in [0.25, 0.3) is 16.8 Å². The van der Waals surface area contributed by atoms with E-state index in [-0.39, 0.29) is 5.91 Å². The van der Waals surface area contributed by atoms with Gasteiger partial charge >= 0.3 is 0 Å². The summed E-state index contributed by atoms with van der Waals surface area (Å²) in [6, 6.07) is 7.83. The number of hydrazine groups is 1. The predicted molar refractivity (Wildman–Crippen MR) is 68.1 cm³/mol. The Bertz CT molecular complexity index is 768. The molecule has 0 aliphatic rings. The van der Waals surface area contributed by atoms with Crippen molar-refractivity contribution in [1.29, 1.82) is 0 Å². The number of benzene rings is 1. The molecule has 6 nitrogen and oxygen atoms in total. The van der Waals surface area contributed by atoms with Crippen molar-refractivity contribution in [3.8, 4) is 0 Å². The van der Waals surface area contributed by atoms with Crippen molar-refractivity contribution in [1.82, 2.24) is 19.4 Å². The van der Waals surface area contributed by atoms with Gasteiger partial charge in [-0.3, -0.25) is 14.6 Å². The van der Waals surface area contributed by atoms with Crippen molar-refractivity contribution < 1.29 is 4.79 Å². The molecule has 0 saturated carbocycles. The fraction of sp³-hybridized carbons (Fsp3) is 0.167. The van der Waals surface area contributed by atoms with Gasteiger partial charge < -0.3 is 4.57 Å². The molecule has 0 atom stereocenters. The molecular formula is C12H13N5O. The molecule has 92 valence electrons. The lowest BCUT2D eigenvalue weighted by Gasteiger charge is -2.00. The number of amides is 1. The number of nitrogens with zero attached hydrogens (tertiary/aromatic N) is 3. The zero-order valence-corrected chi connectivity index (χ0v) is 10.1. The van der Waals surface area contributed by atoms with Crippen LogP contribution in [0.15, 0.2) is 24.3 Å². The van der Waals surface area contributed by atoms with E-state index in [1.54, 1.807) is 6.92 Å². The standard InChI is InChI=1S/C12H13N5O/c1-7-10(11(18)15-13)17-9-6-4-3-5-8(9)16(2)12(17)14-7/h3-6H,13H2,1-2H3,(H,15,18). The number of hydrogen-bond donors (Lipinski definition) is 2. The zero-order valence-electron chi connectivity index (χ0n) is 10.1. The molecule has 0 fully saturated rings. The third kappa shape index (κ3) is 1.20. The van der Waals surface area contributed by atoms with E-state index in [4.69, 9.17) is 5.84 Å². The Morgan fingerprint density at radius 2 is 2.00 bits per heavy atom. The van der Waals surface area contributed by atoms with Crippen LogP contribution >= 0.6 is 0 Å². The SMILES string of the molecule is Cc1nc2n(C)c3ccccc3n2c1C(=O)NN. The molecule has 0 unspecified atom stereocenters. The molecule has 6 heteroatoms. The molecule has 0 aliphatic carbocycles. The van der Waals surface area contributed by atoms with Crippen LogP contribution in [0.1, 0.15) is 16.2 Å². The molecule has 0 saturated heterocycles. The van der Waals surface area contributed by atoms with Crippen LogP contribution in [0.3, 0.4) is 0 Å². The molecule has 0 radical (unpaired) electrons. The van der Waals surface area contributed by atoms with E-state index in [0.29, 0.717) is 11.4 Å². The predicted octanol–water partition coefficient (Wildman–Crippen LogP) is 0.738. The van der Waals surface area contributed by atoms with Crippen molar-refractivity contribution in [2.24, 2.45) is 12.9 Å². The summed E-state index contributed by atoms with van der Waals surface area (Å²) in [6.07, 6.45) is 0. The van der Waals surface area contributed by atoms with E-state index < -0.39 is 0 Å². The van der Waals surface area contributed by atoms with Crippen LogP contribution in [0.4, 0.5) is 0 Å². The molecule has 0 aliphatic heterocycles. The van der Waals surface area contributed by atoms with Gasteiger partial charge in [-0.05, 0) is 19.1 Å². The number of hydrogen-bond acceptors (Lipinski definition) is 3. The first-order valence-electron chi connectivity index (χ1n) is 5.58. The third-order valence-electron chi connectivity index (χ3n) is 3.16. The average Bonchev–Trinajstić information content (AvgIpc) is 2.86. The van der Waals surface area contributed by atoms with Crippen molar-refractivity contribution in [2.45, 2.75) is 6.92 Å². The number of aryl methyl sites for hydroxylation is 2. The van der Waals surface area contributed by atoms with E-state index in [1.165, 1.54) is 0 Å². The molecule has 1 aromatic carbocycles. The lowest BCUT2D eigenvalue weighted by atomic mass is 10.3. The van der Waals surface area contributed by atoms with Gasteiger partial charge in [-0.25, -0.2) is 10.8 Å². The van der Waals surface area contributed by atoms with E-state index in [1.807, 2.05) is 40.3 Å². The second kappa shape index (κ2) is 3.58. The lowest BCUT2D eigenvalue weighted by Crippen LogP contribution is -2.31. The van der Waals surface area contributed by atoms with E-state index in [9.17, 15) is 4.79 Å². The summed E-state index contributed by atoms with van der Waals surface area (Å²) in [7, 11) is 1.92. The Morgan fingerprint density at radius 3 is 2.67 bits per heavy atom. The van der Waals surface area contributed by atoms with Crippen molar-refractivity contribution in [3.63, 3.8) is 0 Å². The molecule has 0 spiro atoms. The molecule has 3 rings (SSSR count). The minimum absolute atomic E-state index is 0.337. The van der Waals surface area contributed by atoms with Crippen molar-refractivity contribution >= 4 is 22.7 Å². The maximum absolute atomic E-state index is 11.9. The van der Waals surface area contributed by atoms with Gasteiger partial charge in [-0.2, -0.15) is 0 Å². The van der Waals surface area contributed by atoms with Crippen LogP contribution in [-0.4, -0.2) is 19.9 Å². The smallest absolute Gasteiger partial charge is 0.284 e. The number of fused-ring (bicyclic) bond motifs is 3. The lowest BCUT2D eigenvalue weighted by molar-refractivity contribution is 0.0947. The summed E-state index contributed by atoms with van der Waals surface area (Å²) in [5.74, 6) is 5.62. The van der Waals surface area contributed by atoms with Gasteiger partial charge in [0.2, 0.25) is 5.78 Å². The summed E-state index contributed by atoms with van der Waals surface area (Å²) in [5, 5.41) is 0. The molecule has 3 aromatic rings. The first-order valence-corrected chi connectivity index (χ1v) is 5.58. The summed E-state index contributed by atoms with van der Waals surface area (Å²) in [4.78, 5) is 16.3. The van der Waals surface area contributed by atoms with Crippen molar-refractivity contribution in [2.75, 3.05) is 0 Å². The van der Waals surface area contributed by atoms with Gasteiger partial charge in [-0.1, -0.05) is 12.1 Å². The number of imidazole rings is 2. The number of rotatable bonds is 1. The molecule has 1 amide bonds. The number of carbonyl (C=O) groups excluding carboxylic acids is 1. The van der Waals surface area contributed by atoms with Gasteiger partial charge in [0.1, 0.15) is 5.69 Å². The highest BCUT2D eigenvalue weighted by Gasteiger charge is 2.20. The summed E-state index contributed by atoms with van der Waals surface area (Å²) in [5.41, 5.74) is 5.26. The Morgan fingerprint density at radius 1 is 1.33 bits per heavy atom. The normalized spacial score (nSPS) is 11.3. The maximum Gasteiger partial charge on any atom is 0.284 e. The zero-order chi connectivity index (χ0) is 12.9. The molecule has 0 bridgehead atoms. The first-order chi connectivity index (χ1) is 8.65. The van der Waals surface area contributed by atoms with E-state index >= 15 is 0 Å². The highest BCUT2D eigenvalue weighted by Crippen LogP contribution is 2.22. The number of nitrogen functional groups attached to an aromatic ring is 1. The number of nitrogens with one attached hydrogen (secondary N) is 1. The molecule has 2 heterocycles. The number of carbonyl (C=O) groups is 1. The van der Waals surface area contributed by atoms with Crippen LogP contribution in [0.2, 0.25) is 0 Å². The highest BCUT2D eigenvalue weighted by molar-refractivity contribution is 5.96. The van der Waals surface area contributed by atoms with Crippen LogP contribution in [0, 0.1) is 6.92 Å². The number of nitrogens with two attached hydrogens (primary N) is 1. The van der Waals surface area contributed by atoms with E-state index in [2.05, 4.69) is 10.4 Å².